The molecule has 3 amide bonds. The summed E-state index contributed by atoms with van der Waals surface area (Å²) in [5.74, 6) is -2.32. The molecule has 0 radical (unpaired) electrons. The third-order valence-corrected chi connectivity index (χ3v) is 7.10. The van der Waals surface area contributed by atoms with E-state index >= 15 is 0 Å². The maximum Gasteiger partial charge on any atom is 0.273 e. The van der Waals surface area contributed by atoms with Gasteiger partial charge in [-0.3, -0.25) is 19.3 Å². The smallest absolute Gasteiger partial charge is 0.273 e. The Hall–Kier alpha value is -3.79. The zero-order valence-corrected chi connectivity index (χ0v) is 20.9. The molecule has 5 N–H and O–H groups in total. The van der Waals surface area contributed by atoms with Crippen molar-refractivity contribution in [2.75, 3.05) is 10.6 Å². The summed E-state index contributed by atoms with van der Waals surface area (Å²) in [5, 5.41) is 3.07. The van der Waals surface area contributed by atoms with Gasteiger partial charge >= 0.3 is 0 Å². The normalized spacial score (nSPS) is 14.4. The molecule has 1 fully saturated rings. The number of nitrogens with two attached hydrogens (primary N) is 2. The van der Waals surface area contributed by atoms with Crippen molar-refractivity contribution in [1.82, 2.24) is 9.69 Å². The van der Waals surface area contributed by atoms with E-state index in [1.165, 1.54) is 29.2 Å². The monoisotopic (exact) mass is 509 g/mol. The molecule has 1 aromatic heterocycles. The van der Waals surface area contributed by atoms with Gasteiger partial charge in [0.1, 0.15) is 16.7 Å². The maximum absolute atomic E-state index is 14.1. The number of halogens is 1. The van der Waals surface area contributed by atoms with Gasteiger partial charge in [-0.15, -0.1) is 0 Å². The van der Waals surface area contributed by atoms with E-state index in [9.17, 15) is 18.8 Å². The van der Waals surface area contributed by atoms with Gasteiger partial charge in [-0.25, -0.2) is 4.39 Å². The molecule has 1 aliphatic carbocycles. The summed E-state index contributed by atoms with van der Waals surface area (Å²) in [5.41, 5.74) is 13.8. The molecule has 0 bridgehead atoms. The van der Waals surface area contributed by atoms with Crippen molar-refractivity contribution in [2.45, 2.75) is 51.6 Å². The molecule has 1 atom stereocenters. The van der Waals surface area contributed by atoms with Crippen LogP contribution in [0.4, 0.5) is 15.8 Å². The van der Waals surface area contributed by atoms with Crippen LogP contribution in [0.5, 0.6) is 0 Å². The highest BCUT2D eigenvalue weighted by Gasteiger charge is 2.37. The number of nitrogen functional groups attached to an aromatic ring is 1. The molecular weight excluding hydrogens is 481 g/mol. The molecule has 0 unspecified atom stereocenters. The highest BCUT2D eigenvalue weighted by atomic mass is 32.1. The lowest BCUT2D eigenvalue weighted by Gasteiger charge is -2.32. The number of anilines is 2. The second-order valence-electron chi connectivity index (χ2n) is 9.10. The van der Waals surface area contributed by atoms with Crippen molar-refractivity contribution in [3.8, 4) is 0 Å². The summed E-state index contributed by atoms with van der Waals surface area (Å²) in [6.07, 6.45) is 3.73. The predicted molar refractivity (Wildman–Crippen MR) is 137 cm³/mol. The molecule has 188 valence electrons. The topological polar surface area (TPSA) is 131 Å². The molecular formula is C26H28FN5O3S. The number of carbonyl (C=O) groups is 3. The fraction of sp³-hybridized carbons (Fsp3) is 0.308. The van der Waals surface area contributed by atoms with Crippen molar-refractivity contribution >= 4 is 40.6 Å². The van der Waals surface area contributed by atoms with Crippen LogP contribution in [0.2, 0.25) is 0 Å². The number of benzene rings is 2. The Morgan fingerprint density at radius 3 is 2.25 bits per heavy atom. The number of rotatable bonds is 7. The molecule has 1 saturated carbocycles. The fourth-order valence-electron chi connectivity index (χ4n) is 4.62. The van der Waals surface area contributed by atoms with E-state index in [0.717, 1.165) is 48.3 Å². The Bertz CT molecular complexity index is 1280. The summed E-state index contributed by atoms with van der Waals surface area (Å²) >= 11 is 0.745. The van der Waals surface area contributed by atoms with Crippen molar-refractivity contribution in [3.63, 3.8) is 0 Å². The lowest BCUT2D eigenvalue weighted by atomic mass is 10.0. The van der Waals surface area contributed by atoms with E-state index < -0.39 is 23.7 Å². The number of aryl methyl sites for hydroxylation is 2. The van der Waals surface area contributed by atoms with Crippen LogP contribution in [0.3, 0.4) is 0 Å². The average molecular weight is 510 g/mol. The second-order valence-corrected chi connectivity index (χ2v) is 9.88. The molecule has 10 heteroatoms. The molecule has 4 rings (SSSR count). The molecule has 3 aromatic rings. The van der Waals surface area contributed by atoms with Crippen LogP contribution < -0.4 is 21.7 Å². The lowest BCUT2D eigenvalue weighted by molar-refractivity contribution is -0.123. The number of carbonyl (C=O) groups excluding carboxylic acids is 3. The van der Waals surface area contributed by atoms with Gasteiger partial charge in [0.2, 0.25) is 5.91 Å². The first-order valence-corrected chi connectivity index (χ1v) is 12.5. The molecule has 0 aliphatic heterocycles. The summed E-state index contributed by atoms with van der Waals surface area (Å²) in [6, 6.07) is 9.87. The quantitative estimate of drug-likeness (QED) is 0.443. The molecule has 1 heterocycles. The molecule has 36 heavy (non-hydrogen) atoms. The number of nitrogens with one attached hydrogen (secondary N) is 1. The predicted octanol–water partition coefficient (Wildman–Crippen LogP) is 4.03. The van der Waals surface area contributed by atoms with Crippen molar-refractivity contribution < 1.29 is 18.8 Å². The van der Waals surface area contributed by atoms with Gasteiger partial charge in [-0.1, -0.05) is 31.0 Å². The third-order valence-electron chi connectivity index (χ3n) is 6.25. The van der Waals surface area contributed by atoms with Gasteiger partial charge in [0.05, 0.1) is 5.69 Å². The van der Waals surface area contributed by atoms with Crippen LogP contribution >= 0.6 is 11.5 Å². The summed E-state index contributed by atoms with van der Waals surface area (Å²) < 4.78 is 17.8. The van der Waals surface area contributed by atoms with Gasteiger partial charge in [0, 0.05) is 11.7 Å². The molecule has 8 nitrogen and oxygen atoms in total. The maximum atomic E-state index is 14.1. The molecule has 2 aromatic carbocycles. The van der Waals surface area contributed by atoms with Crippen LogP contribution in [0, 0.1) is 19.7 Å². The van der Waals surface area contributed by atoms with Crippen molar-refractivity contribution in [3.05, 3.63) is 75.5 Å². The summed E-state index contributed by atoms with van der Waals surface area (Å²) in [7, 11) is 0. The van der Waals surface area contributed by atoms with E-state index in [2.05, 4.69) is 9.69 Å². The SMILES string of the molecule is Cc1cc(C)cc(N(C(=O)c2snc(C(N)=O)c2N)[C@H](C(=O)NC2CCCC2)c2ccc(F)cc2)c1. The minimum absolute atomic E-state index is 0.00779. The van der Waals surface area contributed by atoms with Crippen LogP contribution in [0.15, 0.2) is 42.5 Å². The van der Waals surface area contributed by atoms with Gasteiger partial charge in [-0.05, 0) is 79.2 Å². The number of aromatic nitrogens is 1. The highest BCUT2D eigenvalue weighted by Crippen LogP contribution is 2.34. The van der Waals surface area contributed by atoms with E-state index in [4.69, 9.17) is 11.5 Å². The van der Waals surface area contributed by atoms with Crippen molar-refractivity contribution in [1.29, 1.82) is 0 Å². The minimum Gasteiger partial charge on any atom is -0.395 e. The second kappa shape index (κ2) is 10.4. The zero-order chi connectivity index (χ0) is 26.0. The van der Waals surface area contributed by atoms with Gasteiger partial charge in [-0.2, -0.15) is 4.37 Å². The summed E-state index contributed by atoms with van der Waals surface area (Å²) in [4.78, 5) is 40.9. The van der Waals surface area contributed by atoms with Gasteiger partial charge in [0.15, 0.2) is 5.69 Å². The van der Waals surface area contributed by atoms with E-state index in [1.807, 2.05) is 19.9 Å². The number of hydrogen-bond donors (Lipinski definition) is 3. The first-order chi connectivity index (χ1) is 17.2. The Labute approximate surface area is 212 Å². The Morgan fingerprint density at radius 1 is 1.08 bits per heavy atom. The third kappa shape index (κ3) is 5.23. The summed E-state index contributed by atoms with van der Waals surface area (Å²) in [6.45, 7) is 3.77. The molecule has 1 aliphatic rings. The zero-order valence-electron chi connectivity index (χ0n) is 20.1. The van der Waals surface area contributed by atoms with Crippen LogP contribution in [0.1, 0.15) is 68.6 Å². The number of primary amides is 1. The van der Waals surface area contributed by atoms with Gasteiger partial charge in [0.25, 0.3) is 11.8 Å². The highest BCUT2D eigenvalue weighted by molar-refractivity contribution is 7.09. The Kier molecular flexibility index (Phi) is 7.35. The average Bonchev–Trinajstić information content (AvgIpc) is 3.46. The van der Waals surface area contributed by atoms with E-state index in [-0.39, 0.29) is 28.2 Å². The van der Waals surface area contributed by atoms with E-state index in [1.54, 1.807) is 12.1 Å². The lowest BCUT2D eigenvalue weighted by Crippen LogP contribution is -2.46. The van der Waals surface area contributed by atoms with Gasteiger partial charge < -0.3 is 16.8 Å². The van der Waals surface area contributed by atoms with Crippen LogP contribution in [-0.4, -0.2) is 28.1 Å². The Morgan fingerprint density at radius 2 is 1.69 bits per heavy atom. The first-order valence-electron chi connectivity index (χ1n) is 11.7. The number of hydrogen-bond acceptors (Lipinski definition) is 6. The first kappa shape index (κ1) is 25.3. The standard InChI is InChI=1S/C26H28FN5O3S/c1-14-11-15(2)13-19(12-14)32(26(35)23-20(28)21(24(29)33)31-36-23)22(16-7-9-17(27)10-8-16)25(34)30-18-5-3-4-6-18/h7-13,18,22H,3-6,28H2,1-2H3,(H2,29,33)(H,30,34)/t22-/m0/s1. The van der Waals surface area contributed by atoms with Crippen LogP contribution in [0.25, 0.3) is 0 Å². The Balaban J connectivity index is 1.88. The van der Waals surface area contributed by atoms with Crippen LogP contribution in [-0.2, 0) is 4.79 Å². The molecule has 0 spiro atoms. The fourth-order valence-corrected chi connectivity index (χ4v) is 5.37. The molecule has 0 saturated heterocycles. The largest absolute Gasteiger partial charge is 0.395 e. The number of amides is 3. The number of nitrogens with zero attached hydrogens (tertiary/aromatic N) is 2. The van der Waals surface area contributed by atoms with E-state index in [0.29, 0.717) is 11.3 Å². The van der Waals surface area contributed by atoms with Crippen molar-refractivity contribution in [2.24, 2.45) is 5.73 Å². The minimum atomic E-state index is -1.13.